The van der Waals surface area contributed by atoms with E-state index in [1.807, 2.05) is 70.3 Å². The van der Waals surface area contributed by atoms with Crippen LogP contribution in [0.4, 0.5) is 5.69 Å². The number of nitrogens with two attached hydrogens (primary N) is 1. The molecule has 0 bridgehead atoms. The Morgan fingerprint density at radius 3 is 2.26 bits per heavy atom. The average molecular weight is 368 g/mol. The average Bonchev–Trinajstić information content (AvgIpc) is 2.64. The number of nitrogens with zero attached hydrogens (tertiary/aromatic N) is 1. The molecular weight excluding hydrogens is 336 g/mol. The van der Waals surface area contributed by atoms with E-state index in [9.17, 15) is 9.90 Å². The quantitative estimate of drug-likeness (QED) is 0.664. The van der Waals surface area contributed by atoms with Crippen LogP contribution in [0, 0.1) is 11.8 Å². The van der Waals surface area contributed by atoms with Crippen molar-refractivity contribution in [3.05, 3.63) is 71.6 Å². The van der Waals surface area contributed by atoms with Gasteiger partial charge in [0.05, 0.1) is 12.5 Å². The number of likely N-dealkylation sites (N-methyl/N-ethyl adjacent to an activating group) is 1. The second kappa shape index (κ2) is 9.16. The van der Waals surface area contributed by atoms with Crippen LogP contribution in [0.1, 0.15) is 38.3 Å². The Bertz CT molecular complexity index is 745. The Morgan fingerprint density at radius 1 is 1.11 bits per heavy atom. The standard InChI is InChI=1S/C23H31N2O2/c1-17(2)22(27)14-23(3,25(4)15-18-10-6-5-7-11-18)20(16-26)19-12-8-9-13-21(19)24/h5-13,17,26H,14-16,24H2,1-4H3. The molecule has 4 nitrogen and oxygen atoms in total. The minimum absolute atomic E-state index is 0.0671. The molecule has 145 valence electrons. The topological polar surface area (TPSA) is 66.6 Å². The molecule has 1 radical (unpaired) electrons. The van der Waals surface area contributed by atoms with Crippen LogP contribution >= 0.6 is 0 Å². The molecule has 0 fully saturated rings. The van der Waals surface area contributed by atoms with E-state index >= 15 is 0 Å². The summed E-state index contributed by atoms with van der Waals surface area (Å²) in [5.41, 5.74) is 8.12. The van der Waals surface area contributed by atoms with Gasteiger partial charge in [-0.05, 0) is 31.2 Å². The van der Waals surface area contributed by atoms with E-state index in [2.05, 4.69) is 17.0 Å². The van der Waals surface area contributed by atoms with Gasteiger partial charge in [-0.3, -0.25) is 9.69 Å². The number of Topliss-reactive ketones (excluding diaryl/α,β-unsaturated/α-hetero) is 1. The smallest absolute Gasteiger partial charge is 0.137 e. The highest BCUT2D eigenvalue weighted by Crippen LogP contribution is 2.38. The number of benzene rings is 2. The molecule has 0 saturated carbocycles. The lowest BCUT2D eigenvalue weighted by Gasteiger charge is -2.44. The van der Waals surface area contributed by atoms with Crippen molar-refractivity contribution in [2.75, 3.05) is 19.4 Å². The van der Waals surface area contributed by atoms with E-state index in [0.717, 1.165) is 17.0 Å². The Labute approximate surface area is 163 Å². The number of aliphatic hydroxyl groups excluding tert-OH is 1. The number of hydrogen-bond donors (Lipinski definition) is 2. The first-order chi connectivity index (χ1) is 12.8. The molecule has 1 atom stereocenters. The lowest BCUT2D eigenvalue weighted by Crippen LogP contribution is -2.51. The molecule has 0 aromatic heterocycles. The highest BCUT2D eigenvalue weighted by molar-refractivity contribution is 5.82. The zero-order valence-electron chi connectivity index (χ0n) is 16.8. The SMILES string of the molecule is CC(C)C(=O)CC(C)([C](CO)c1ccccc1N)N(C)Cc1ccccc1. The Hall–Kier alpha value is -2.17. The van der Waals surface area contributed by atoms with Crippen molar-refractivity contribution in [2.45, 2.75) is 39.3 Å². The van der Waals surface area contributed by atoms with E-state index in [4.69, 9.17) is 5.73 Å². The molecule has 2 rings (SSSR count). The van der Waals surface area contributed by atoms with Gasteiger partial charge in [0.2, 0.25) is 0 Å². The monoisotopic (exact) mass is 367 g/mol. The third-order valence-corrected chi connectivity index (χ3v) is 5.36. The second-order valence-electron chi connectivity index (χ2n) is 7.64. The molecule has 2 aromatic rings. The number of rotatable bonds is 9. The molecular formula is C23H31N2O2. The van der Waals surface area contributed by atoms with Crippen molar-refractivity contribution in [3.63, 3.8) is 0 Å². The van der Waals surface area contributed by atoms with Gasteiger partial charge in [-0.1, -0.05) is 62.4 Å². The van der Waals surface area contributed by atoms with Crippen molar-refractivity contribution in [1.29, 1.82) is 0 Å². The molecule has 0 heterocycles. The Kier molecular flexibility index (Phi) is 7.17. The minimum Gasteiger partial charge on any atom is -0.398 e. The van der Waals surface area contributed by atoms with Gasteiger partial charge < -0.3 is 10.8 Å². The van der Waals surface area contributed by atoms with Crippen LogP contribution < -0.4 is 5.73 Å². The van der Waals surface area contributed by atoms with E-state index < -0.39 is 5.54 Å². The second-order valence-corrected chi connectivity index (χ2v) is 7.64. The molecule has 2 aromatic carbocycles. The predicted molar refractivity (Wildman–Crippen MR) is 111 cm³/mol. The molecule has 4 heteroatoms. The van der Waals surface area contributed by atoms with Crippen molar-refractivity contribution in [2.24, 2.45) is 5.92 Å². The Morgan fingerprint density at radius 2 is 1.70 bits per heavy atom. The maximum absolute atomic E-state index is 12.7. The maximum Gasteiger partial charge on any atom is 0.137 e. The van der Waals surface area contributed by atoms with Crippen LogP contribution in [0.3, 0.4) is 0 Å². The molecule has 3 N–H and O–H groups in total. The third kappa shape index (κ3) is 4.96. The number of anilines is 1. The summed E-state index contributed by atoms with van der Waals surface area (Å²) in [6.45, 7) is 6.35. The number of nitrogen functional groups attached to an aromatic ring is 1. The lowest BCUT2D eigenvalue weighted by molar-refractivity contribution is -0.124. The van der Waals surface area contributed by atoms with Crippen LogP contribution in [0.2, 0.25) is 0 Å². The molecule has 0 aliphatic heterocycles. The summed E-state index contributed by atoms with van der Waals surface area (Å²) in [6, 6.07) is 17.6. The molecule has 1 unspecified atom stereocenters. The molecule has 0 saturated heterocycles. The molecule has 0 aliphatic rings. The number of hydrogen-bond acceptors (Lipinski definition) is 4. The largest absolute Gasteiger partial charge is 0.398 e. The summed E-state index contributed by atoms with van der Waals surface area (Å²) in [4.78, 5) is 14.8. The van der Waals surface area contributed by atoms with Gasteiger partial charge in [-0.15, -0.1) is 0 Å². The minimum atomic E-state index is -0.651. The first-order valence-electron chi connectivity index (χ1n) is 9.39. The summed E-state index contributed by atoms with van der Waals surface area (Å²) in [6.07, 6.45) is 0.318. The summed E-state index contributed by atoms with van der Waals surface area (Å²) >= 11 is 0. The first kappa shape index (κ1) is 21.1. The lowest BCUT2D eigenvalue weighted by atomic mass is 9.74. The van der Waals surface area contributed by atoms with Crippen LogP contribution in [0.15, 0.2) is 54.6 Å². The molecule has 0 aliphatic carbocycles. The van der Waals surface area contributed by atoms with Gasteiger partial charge in [-0.2, -0.15) is 0 Å². The van der Waals surface area contributed by atoms with Gasteiger partial charge in [0, 0.05) is 30.1 Å². The number of carbonyl (C=O) groups excluding carboxylic acids is 1. The zero-order chi connectivity index (χ0) is 20.0. The van der Waals surface area contributed by atoms with Crippen LogP contribution in [0.5, 0.6) is 0 Å². The summed E-state index contributed by atoms with van der Waals surface area (Å²) < 4.78 is 0. The van der Waals surface area contributed by atoms with Crippen LogP contribution in [-0.2, 0) is 11.3 Å². The highest BCUT2D eigenvalue weighted by atomic mass is 16.3. The normalized spacial score (nSPS) is 13.9. The molecule has 27 heavy (non-hydrogen) atoms. The van der Waals surface area contributed by atoms with Crippen molar-refractivity contribution < 1.29 is 9.90 Å². The van der Waals surface area contributed by atoms with Gasteiger partial charge in [-0.25, -0.2) is 0 Å². The molecule has 0 spiro atoms. The Balaban J connectivity index is 2.44. The fraction of sp³-hybridized carbons (Fsp3) is 0.391. The van der Waals surface area contributed by atoms with Crippen LogP contribution in [-0.4, -0.2) is 35.0 Å². The molecule has 0 amide bonds. The van der Waals surface area contributed by atoms with E-state index in [1.165, 1.54) is 0 Å². The van der Waals surface area contributed by atoms with Crippen molar-refractivity contribution in [1.82, 2.24) is 4.90 Å². The number of aliphatic hydroxyl groups is 1. The van der Waals surface area contributed by atoms with Crippen LogP contribution in [0.25, 0.3) is 0 Å². The van der Waals surface area contributed by atoms with E-state index in [1.54, 1.807) is 0 Å². The maximum atomic E-state index is 12.7. The summed E-state index contributed by atoms with van der Waals surface area (Å²) in [7, 11) is 2.00. The first-order valence-corrected chi connectivity index (χ1v) is 9.39. The number of para-hydroxylation sites is 1. The summed E-state index contributed by atoms with van der Waals surface area (Å²) in [5, 5.41) is 10.3. The predicted octanol–water partition coefficient (Wildman–Crippen LogP) is 3.69. The summed E-state index contributed by atoms with van der Waals surface area (Å²) in [5.74, 6) is 0.869. The van der Waals surface area contributed by atoms with Gasteiger partial charge in [0.1, 0.15) is 5.78 Å². The zero-order valence-corrected chi connectivity index (χ0v) is 16.8. The van der Waals surface area contributed by atoms with Gasteiger partial charge in [0.15, 0.2) is 0 Å². The van der Waals surface area contributed by atoms with Gasteiger partial charge >= 0.3 is 0 Å². The fourth-order valence-electron chi connectivity index (χ4n) is 3.36. The highest BCUT2D eigenvalue weighted by Gasteiger charge is 2.42. The number of ketones is 1. The van der Waals surface area contributed by atoms with E-state index in [0.29, 0.717) is 18.7 Å². The van der Waals surface area contributed by atoms with Crippen molar-refractivity contribution in [3.8, 4) is 0 Å². The fourth-order valence-corrected chi connectivity index (χ4v) is 3.36. The van der Waals surface area contributed by atoms with Gasteiger partial charge in [0.25, 0.3) is 0 Å². The van der Waals surface area contributed by atoms with E-state index in [-0.39, 0.29) is 18.3 Å². The third-order valence-electron chi connectivity index (χ3n) is 5.36. The van der Waals surface area contributed by atoms with Crippen molar-refractivity contribution >= 4 is 11.5 Å². The number of carbonyl (C=O) groups is 1.